The molecule has 28 heavy (non-hydrogen) atoms. The molecule has 0 amide bonds. The molecule has 1 unspecified atom stereocenters. The van der Waals surface area contributed by atoms with Crippen molar-refractivity contribution in [2.24, 2.45) is 0 Å². The molecule has 2 aromatic heterocycles. The van der Waals surface area contributed by atoms with Gasteiger partial charge in [0.15, 0.2) is 6.39 Å². The van der Waals surface area contributed by atoms with Gasteiger partial charge in [-0.3, -0.25) is 9.36 Å². The molecule has 1 fully saturated rings. The van der Waals surface area contributed by atoms with Gasteiger partial charge in [-0.25, -0.2) is 4.98 Å². The first kappa shape index (κ1) is 18.8. The predicted octanol–water partition coefficient (Wildman–Crippen LogP) is 1.80. The molecule has 2 atom stereocenters. The zero-order valence-corrected chi connectivity index (χ0v) is 15.2. The Bertz CT molecular complexity index is 883. The van der Waals surface area contributed by atoms with Crippen molar-refractivity contribution < 1.29 is 22.3 Å². The molecule has 0 aliphatic carbocycles. The number of hydrogen-bond acceptors (Lipinski definition) is 7. The monoisotopic (exact) mass is 399 g/mol. The third-order valence-corrected chi connectivity index (χ3v) is 5.08. The third kappa shape index (κ3) is 3.46. The van der Waals surface area contributed by atoms with E-state index in [9.17, 15) is 18.0 Å². The SMILES string of the molecule is C[C@@H]1COCCN1c1cc(=O)n2c(n1)N(Cc1cnco1)C(C(F)(F)F)CC2. The number of alkyl halides is 3. The van der Waals surface area contributed by atoms with Crippen LogP contribution in [0.1, 0.15) is 19.1 Å². The minimum Gasteiger partial charge on any atom is -0.447 e. The molecule has 8 nitrogen and oxygen atoms in total. The Labute approximate surface area is 158 Å². The highest BCUT2D eigenvalue weighted by Crippen LogP contribution is 2.35. The second kappa shape index (κ2) is 7.12. The van der Waals surface area contributed by atoms with E-state index < -0.39 is 12.2 Å². The molecule has 0 N–H and O–H groups in total. The van der Waals surface area contributed by atoms with E-state index in [0.717, 1.165) is 11.3 Å². The maximum Gasteiger partial charge on any atom is 0.408 e. The highest BCUT2D eigenvalue weighted by Gasteiger charge is 2.47. The van der Waals surface area contributed by atoms with Crippen LogP contribution < -0.4 is 15.4 Å². The van der Waals surface area contributed by atoms with Crippen LogP contribution in [-0.4, -0.2) is 52.6 Å². The van der Waals surface area contributed by atoms with E-state index in [4.69, 9.17) is 9.15 Å². The second-order valence-corrected chi connectivity index (χ2v) is 6.96. The standard InChI is InChI=1S/C17H20F3N5O3/c1-11-9-27-5-4-23(11)14-6-15(26)24-3-2-13(17(18,19)20)25(16(24)22-14)8-12-7-21-10-28-12/h6-7,10-11,13H,2-5,8-9H2,1H3/t11-,13?/m1/s1. The number of morpholine rings is 1. The van der Waals surface area contributed by atoms with Gasteiger partial charge in [0.25, 0.3) is 5.56 Å². The summed E-state index contributed by atoms with van der Waals surface area (Å²) in [6, 6.07) is -0.415. The molecule has 152 valence electrons. The molecule has 0 radical (unpaired) electrons. The fourth-order valence-electron chi connectivity index (χ4n) is 3.68. The number of hydrogen-bond donors (Lipinski definition) is 0. The average molecular weight is 399 g/mol. The zero-order chi connectivity index (χ0) is 19.9. The lowest BCUT2D eigenvalue weighted by Crippen LogP contribution is -2.52. The van der Waals surface area contributed by atoms with Crippen molar-refractivity contribution in [2.45, 2.75) is 44.7 Å². The molecule has 2 aliphatic heterocycles. The summed E-state index contributed by atoms with van der Waals surface area (Å²) < 4.78 is 52.9. The Morgan fingerprint density at radius 2 is 2.14 bits per heavy atom. The van der Waals surface area contributed by atoms with Crippen molar-refractivity contribution in [1.82, 2.24) is 14.5 Å². The number of ether oxygens (including phenoxy) is 1. The molecule has 2 aliphatic rings. The summed E-state index contributed by atoms with van der Waals surface area (Å²) in [6.07, 6.45) is -2.18. The van der Waals surface area contributed by atoms with Gasteiger partial charge >= 0.3 is 6.18 Å². The lowest BCUT2D eigenvalue weighted by Gasteiger charge is -2.40. The molecule has 0 saturated carbocycles. The molecule has 11 heteroatoms. The number of aromatic nitrogens is 3. The fourth-order valence-corrected chi connectivity index (χ4v) is 3.68. The summed E-state index contributed by atoms with van der Waals surface area (Å²) in [4.78, 5) is 23.9. The normalized spacial score (nSPS) is 23.0. The second-order valence-electron chi connectivity index (χ2n) is 6.96. The van der Waals surface area contributed by atoms with Gasteiger partial charge in [0.2, 0.25) is 5.95 Å². The van der Waals surface area contributed by atoms with Gasteiger partial charge in [-0.2, -0.15) is 18.2 Å². The Morgan fingerprint density at radius 1 is 1.32 bits per heavy atom. The predicted molar refractivity (Wildman–Crippen MR) is 93.3 cm³/mol. The topological polar surface area (TPSA) is 76.6 Å². The molecule has 0 aromatic carbocycles. The highest BCUT2D eigenvalue weighted by molar-refractivity contribution is 5.47. The van der Waals surface area contributed by atoms with E-state index >= 15 is 0 Å². The smallest absolute Gasteiger partial charge is 0.408 e. The van der Waals surface area contributed by atoms with Crippen LogP contribution >= 0.6 is 0 Å². The van der Waals surface area contributed by atoms with E-state index in [-0.39, 0.29) is 42.8 Å². The van der Waals surface area contributed by atoms with Crippen molar-refractivity contribution >= 4 is 11.8 Å². The summed E-state index contributed by atoms with van der Waals surface area (Å²) in [6.45, 7) is 3.14. The van der Waals surface area contributed by atoms with E-state index in [2.05, 4.69) is 9.97 Å². The van der Waals surface area contributed by atoms with Crippen LogP contribution in [0, 0.1) is 0 Å². The molecule has 4 rings (SSSR count). The van der Waals surface area contributed by atoms with Crippen molar-refractivity contribution in [2.75, 3.05) is 29.6 Å². The van der Waals surface area contributed by atoms with E-state index in [0.29, 0.717) is 25.6 Å². The van der Waals surface area contributed by atoms with Gasteiger partial charge in [-0.15, -0.1) is 0 Å². The van der Waals surface area contributed by atoms with Crippen molar-refractivity contribution in [3.63, 3.8) is 0 Å². The molecule has 0 bridgehead atoms. The van der Waals surface area contributed by atoms with Crippen LogP contribution in [0.25, 0.3) is 0 Å². The minimum absolute atomic E-state index is 0.00818. The van der Waals surface area contributed by atoms with Crippen molar-refractivity contribution in [3.05, 3.63) is 34.8 Å². The van der Waals surface area contributed by atoms with Gasteiger partial charge in [-0.1, -0.05) is 0 Å². The number of oxazole rings is 1. The summed E-state index contributed by atoms with van der Waals surface area (Å²) in [5.74, 6) is 0.616. The molecule has 1 saturated heterocycles. The summed E-state index contributed by atoms with van der Waals surface area (Å²) in [5, 5.41) is 0. The van der Waals surface area contributed by atoms with Gasteiger partial charge in [0.05, 0.1) is 32.0 Å². The zero-order valence-electron chi connectivity index (χ0n) is 15.2. The average Bonchev–Trinajstić information content (AvgIpc) is 3.14. The van der Waals surface area contributed by atoms with Crippen LogP contribution in [0.5, 0.6) is 0 Å². The summed E-state index contributed by atoms with van der Waals surface area (Å²) in [5.41, 5.74) is -0.373. The van der Waals surface area contributed by atoms with Crippen LogP contribution in [-0.2, 0) is 17.8 Å². The van der Waals surface area contributed by atoms with E-state index in [1.165, 1.54) is 16.8 Å². The molecule has 4 heterocycles. The van der Waals surface area contributed by atoms with Crippen LogP contribution in [0.2, 0.25) is 0 Å². The molecular formula is C17H20F3N5O3. The number of rotatable bonds is 3. The minimum atomic E-state index is -4.47. The van der Waals surface area contributed by atoms with Crippen LogP contribution in [0.3, 0.4) is 0 Å². The maximum absolute atomic E-state index is 13.7. The van der Waals surface area contributed by atoms with Gasteiger partial charge in [0.1, 0.15) is 17.6 Å². The number of fused-ring (bicyclic) bond motifs is 1. The van der Waals surface area contributed by atoms with Gasteiger partial charge < -0.3 is 19.0 Å². The van der Waals surface area contributed by atoms with Crippen LogP contribution in [0.15, 0.2) is 27.9 Å². The first-order valence-corrected chi connectivity index (χ1v) is 9.01. The third-order valence-electron chi connectivity index (χ3n) is 5.08. The Morgan fingerprint density at radius 3 is 2.82 bits per heavy atom. The largest absolute Gasteiger partial charge is 0.447 e. The van der Waals surface area contributed by atoms with E-state index in [1.54, 1.807) is 0 Å². The lowest BCUT2D eigenvalue weighted by atomic mass is 10.1. The first-order chi connectivity index (χ1) is 13.3. The molecule has 0 spiro atoms. The number of halogens is 3. The Kier molecular flexibility index (Phi) is 4.77. The first-order valence-electron chi connectivity index (χ1n) is 9.01. The molecular weight excluding hydrogens is 379 g/mol. The highest BCUT2D eigenvalue weighted by atomic mass is 19.4. The van der Waals surface area contributed by atoms with Crippen molar-refractivity contribution in [3.8, 4) is 0 Å². The summed E-state index contributed by atoms with van der Waals surface area (Å²) >= 11 is 0. The van der Waals surface area contributed by atoms with Crippen molar-refractivity contribution in [1.29, 1.82) is 0 Å². The quantitative estimate of drug-likeness (QED) is 0.779. The fraction of sp³-hybridized carbons (Fsp3) is 0.588. The summed E-state index contributed by atoms with van der Waals surface area (Å²) in [7, 11) is 0. The Hall–Kier alpha value is -2.56. The number of nitrogens with zero attached hydrogens (tertiary/aromatic N) is 5. The van der Waals surface area contributed by atoms with Gasteiger partial charge in [-0.05, 0) is 13.3 Å². The number of anilines is 2. The van der Waals surface area contributed by atoms with Crippen LogP contribution in [0.4, 0.5) is 24.9 Å². The maximum atomic E-state index is 13.7. The lowest BCUT2D eigenvalue weighted by molar-refractivity contribution is -0.153. The van der Waals surface area contributed by atoms with Gasteiger partial charge in [0, 0.05) is 19.2 Å². The molecule has 2 aromatic rings. The van der Waals surface area contributed by atoms with E-state index in [1.807, 2.05) is 11.8 Å². The Balaban J connectivity index is 1.78.